The van der Waals surface area contributed by atoms with Gasteiger partial charge in [0, 0.05) is 21.7 Å². The number of ether oxygens (including phenoxy) is 2. The van der Waals surface area contributed by atoms with Crippen LogP contribution in [-0.2, 0) is 0 Å². The Kier molecular flexibility index (Phi) is 5.29. The Morgan fingerprint density at radius 2 is 2.03 bits per heavy atom. The lowest BCUT2D eigenvalue weighted by Gasteiger charge is -2.25. The first-order valence-electron chi connectivity index (χ1n) is 9.74. The molecule has 2 aromatic carbocycles. The number of esters is 1. The standard InChI is InChI=1S/C24H14Cl2N2O4S/c1-11-5-8-16(30-11)19-13-7-6-12(9-17(13)32-23(28)14(19)10-27)31-24(29)22-21(26)20-15(25)3-2-4-18(20)33-22/h2-9,19H,28H2,1H3. The van der Waals surface area contributed by atoms with E-state index in [9.17, 15) is 10.1 Å². The van der Waals surface area contributed by atoms with Crippen LogP contribution in [0.3, 0.4) is 0 Å². The van der Waals surface area contributed by atoms with Gasteiger partial charge >= 0.3 is 5.97 Å². The van der Waals surface area contributed by atoms with Gasteiger partial charge in [0.15, 0.2) is 0 Å². The molecule has 5 rings (SSSR count). The Bertz CT molecular complexity index is 1510. The molecule has 0 fully saturated rings. The van der Waals surface area contributed by atoms with E-state index in [-0.39, 0.29) is 27.1 Å². The quantitative estimate of drug-likeness (QED) is 0.255. The van der Waals surface area contributed by atoms with Gasteiger partial charge in [0.2, 0.25) is 5.88 Å². The summed E-state index contributed by atoms with van der Waals surface area (Å²) in [6, 6.07) is 15.9. The summed E-state index contributed by atoms with van der Waals surface area (Å²) in [6.45, 7) is 1.82. The fraction of sp³-hybridized carbons (Fsp3) is 0.0833. The molecule has 1 aliphatic rings. The second-order valence-corrected chi connectivity index (χ2v) is 9.16. The number of nitrogens with zero attached hydrogens (tertiary/aromatic N) is 1. The minimum Gasteiger partial charge on any atom is -0.465 e. The monoisotopic (exact) mass is 496 g/mol. The van der Waals surface area contributed by atoms with Crippen molar-refractivity contribution in [3.63, 3.8) is 0 Å². The van der Waals surface area contributed by atoms with Gasteiger partial charge in [-0.2, -0.15) is 5.26 Å². The second-order valence-electron chi connectivity index (χ2n) is 7.32. The highest BCUT2D eigenvalue weighted by atomic mass is 35.5. The van der Waals surface area contributed by atoms with Crippen molar-refractivity contribution in [2.75, 3.05) is 0 Å². The molecule has 0 saturated carbocycles. The van der Waals surface area contributed by atoms with Crippen LogP contribution in [-0.4, -0.2) is 5.97 Å². The number of furan rings is 1. The Morgan fingerprint density at radius 1 is 1.21 bits per heavy atom. The van der Waals surface area contributed by atoms with Crippen LogP contribution in [0.25, 0.3) is 10.1 Å². The molecule has 0 spiro atoms. The van der Waals surface area contributed by atoms with E-state index in [4.69, 9.17) is 42.8 Å². The van der Waals surface area contributed by atoms with Crippen LogP contribution in [0.1, 0.15) is 32.7 Å². The summed E-state index contributed by atoms with van der Waals surface area (Å²) in [7, 11) is 0. The normalized spacial score (nSPS) is 15.2. The van der Waals surface area contributed by atoms with Gasteiger partial charge in [0.1, 0.15) is 39.5 Å². The molecule has 0 bridgehead atoms. The molecule has 0 amide bonds. The SMILES string of the molecule is Cc1ccc(C2C(C#N)=C(N)Oc3cc(OC(=O)c4sc5cccc(Cl)c5c4Cl)ccc32)o1. The molecular formula is C24H14Cl2N2O4S. The van der Waals surface area contributed by atoms with Gasteiger partial charge < -0.3 is 19.6 Å². The molecule has 1 aliphatic heterocycles. The van der Waals surface area contributed by atoms with Gasteiger partial charge in [-0.25, -0.2) is 4.79 Å². The number of carbonyl (C=O) groups excluding carboxylic acids is 1. The third-order valence-corrected chi connectivity index (χ3v) is 7.18. The molecule has 2 N–H and O–H groups in total. The van der Waals surface area contributed by atoms with E-state index in [0.717, 1.165) is 4.70 Å². The van der Waals surface area contributed by atoms with Crippen LogP contribution >= 0.6 is 34.5 Å². The van der Waals surface area contributed by atoms with Crippen LogP contribution in [0, 0.1) is 18.3 Å². The van der Waals surface area contributed by atoms with Crippen molar-refractivity contribution >= 4 is 50.6 Å². The Balaban J connectivity index is 1.49. The Hall–Kier alpha value is -3.44. The molecule has 33 heavy (non-hydrogen) atoms. The van der Waals surface area contributed by atoms with Gasteiger partial charge in [-0.05, 0) is 37.3 Å². The number of nitrogens with two attached hydrogens (primary N) is 1. The maximum atomic E-state index is 12.9. The molecule has 0 aliphatic carbocycles. The molecule has 4 aromatic rings. The molecule has 1 atom stereocenters. The summed E-state index contributed by atoms with van der Waals surface area (Å²) in [6.07, 6.45) is 0. The summed E-state index contributed by atoms with van der Waals surface area (Å²) in [5, 5.41) is 11.0. The minimum absolute atomic E-state index is 0.0327. The van der Waals surface area contributed by atoms with E-state index < -0.39 is 11.9 Å². The largest absolute Gasteiger partial charge is 0.465 e. The fourth-order valence-corrected chi connectivity index (χ4v) is 5.58. The number of rotatable bonds is 3. The minimum atomic E-state index is -0.618. The highest BCUT2D eigenvalue weighted by Gasteiger charge is 2.33. The number of aryl methyl sites for hydroxylation is 1. The highest BCUT2D eigenvalue weighted by molar-refractivity contribution is 7.21. The molecule has 1 unspecified atom stereocenters. The lowest BCUT2D eigenvalue weighted by molar-refractivity contribution is 0.0740. The van der Waals surface area contributed by atoms with E-state index in [1.807, 2.05) is 19.1 Å². The summed E-state index contributed by atoms with van der Waals surface area (Å²) in [5.74, 6) is 0.691. The zero-order valence-electron chi connectivity index (χ0n) is 17.0. The first-order chi connectivity index (χ1) is 15.9. The number of hydrogen-bond acceptors (Lipinski definition) is 7. The van der Waals surface area contributed by atoms with Crippen molar-refractivity contribution in [3.05, 3.63) is 92.0 Å². The van der Waals surface area contributed by atoms with E-state index in [0.29, 0.717) is 33.2 Å². The molecule has 164 valence electrons. The summed E-state index contributed by atoms with van der Waals surface area (Å²) in [5.41, 5.74) is 6.93. The third-order valence-electron chi connectivity index (χ3n) is 5.24. The van der Waals surface area contributed by atoms with Crippen molar-refractivity contribution in [1.29, 1.82) is 5.26 Å². The van der Waals surface area contributed by atoms with E-state index >= 15 is 0 Å². The zero-order valence-corrected chi connectivity index (χ0v) is 19.3. The zero-order chi connectivity index (χ0) is 23.3. The van der Waals surface area contributed by atoms with Crippen LogP contribution in [0.15, 0.2) is 64.4 Å². The number of nitriles is 1. The van der Waals surface area contributed by atoms with Crippen LogP contribution < -0.4 is 15.2 Å². The number of thiophene rings is 1. The summed E-state index contributed by atoms with van der Waals surface area (Å²) in [4.78, 5) is 13.1. The van der Waals surface area contributed by atoms with E-state index in [1.165, 1.54) is 11.3 Å². The average molecular weight is 497 g/mol. The lowest BCUT2D eigenvalue weighted by atomic mass is 9.87. The molecule has 6 nitrogen and oxygen atoms in total. The van der Waals surface area contributed by atoms with Gasteiger partial charge in [-0.15, -0.1) is 11.3 Å². The third kappa shape index (κ3) is 3.62. The van der Waals surface area contributed by atoms with E-state index in [2.05, 4.69) is 6.07 Å². The fourth-order valence-electron chi connectivity index (χ4n) is 3.76. The summed E-state index contributed by atoms with van der Waals surface area (Å²) < 4.78 is 17.8. The highest BCUT2D eigenvalue weighted by Crippen LogP contribution is 2.44. The number of carbonyl (C=O) groups is 1. The van der Waals surface area contributed by atoms with Gasteiger partial charge in [-0.1, -0.05) is 35.3 Å². The van der Waals surface area contributed by atoms with Crippen molar-refractivity contribution in [2.24, 2.45) is 5.73 Å². The smallest absolute Gasteiger partial charge is 0.355 e. The second kappa shape index (κ2) is 8.16. The Labute approximate surface area is 202 Å². The topological polar surface area (TPSA) is 98.5 Å². The van der Waals surface area contributed by atoms with E-state index in [1.54, 1.807) is 36.4 Å². The molecule has 3 heterocycles. The predicted molar refractivity (Wildman–Crippen MR) is 126 cm³/mol. The van der Waals surface area contributed by atoms with Crippen molar-refractivity contribution in [3.8, 4) is 17.6 Å². The molecule has 0 saturated heterocycles. The van der Waals surface area contributed by atoms with Crippen molar-refractivity contribution in [2.45, 2.75) is 12.8 Å². The van der Waals surface area contributed by atoms with Gasteiger partial charge in [0.25, 0.3) is 0 Å². The number of benzene rings is 2. The van der Waals surface area contributed by atoms with Crippen LogP contribution in [0.4, 0.5) is 0 Å². The number of fused-ring (bicyclic) bond motifs is 2. The average Bonchev–Trinajstić information content (AvgIpc) is 3.36. The Morgan fingerprint density at radius 3 is 2.73 bits per heavy atom. The number of hydrogen-bond donors (Lipinski definition) is 1. The number of allylic oxidation sites excluding steroid dienone is 1. The molecule has 9 heteroatoms. The van der Waals surface area contributed by atoms with Gasteiger partial charge in [-0.3, -0.25) is 0 Å². The maximum Gasteiger partial charge on any atom is 0.355 e. The predicted octanol–water partition coefficient (Wildman–Crippen LogP) is 6.55. The lowest BCUT2D eigenvalue weighted by Crippen LogP contribution is -2.21. The van der Waals surface area contributed by atoms with Crippen molar-refractivity contribution < 1.29 is 18.7 Å². The number of halogens is 2. The first-order valence-corrected chi connectivity index (χ1v) is 11.3. The molecule has 2 aromatic heterocycles. The van der Waals surface area contributed by atoms with Crippen LogP contribution in [0.2, 0.25) is 10.0 Å². The summed E-state index contributed by atoms with van der Waals surface area (Å²) >= 11 is 13.8. The maximum absolute atomic E-state index is 12.9. The molecular weight excluding hydrogens is 483 g/mol. The van der Waals surface area contributed by atoms with Crippen LogP contribution in [0.5, 0.6) is 11.5 Å². The van der Waals surface area contributed by atoms with Gasteiger partial charge in [0.05, 0.1) is 16.0 Å². The van der Waals surface area contributed by atoms with Crippen molar-refractivity contribution in [1.82, 2.24) is 0 Å². The first kappa shape index (κ1) is 21.4. The molecule has 0 radical (unpaired) electrons.